The van der Waals surface area contributed by atoms with Crippen molar-refractivity contribution in [1.29, 1.82) is 0 Å². The largest absolute Gasteiger partial charge is 0.345 e. The molecule has 0 saturated carbocycles. The van der Waals surface area contributed by atoms with Crippen molar-refractivity contribution in [2.45, 2.75) is 38.6 Å². The molecule has 1 aromatic heterocycles. The fourth-order valence-electron chi connectivity index (χ4n) is 2.98. The van der Waals surface area contributed by atoms with Crippen molar-refractivity contribution in [2.24, 2.45) is 0 Å². The topological polar surface area (TPSA) is 58.1 Å². The van der Waals surface area contributed by atoms with Crippen LogP contribution in [0.2, 0.25) is 0 Å². The Hall–Kier alpha value is -2.43. The van der Waals surface area contributed by atoms with Gasteiger partial charge >= 0.3 is 0 Å². The SMILES string of the molecule is CC(NC(=O)c1cnc(N2CCCCCC2)nc1)c1ccccc1. The van der Waals surface area contributed by atoms with E-state index in [1.54, 1.807) is 12.4 Å². The van der Waals surface area contributed by atoms with Gasteiger partial charge in [-0.05, 0) is 25.3 Å². The third-order valence-electron chi connectivity index (χ3n) is 4.44. The summed E-state index contributed by atoms with van der Waals surface area (Å²) in [6.07, 6.45) is 8.16. The Kier molecular flexibility index (Phi) is 5.41. The zero-order valence-electron chi connectivity index (χ0n) is 14.1. The van der Waals surface area contributed by atoms with E-state index < -0.39 is 0 Å². The van der Waals surface area contributed by atoms with E-state index in [1.807, 2.05) is 37.3 Å². The molecule has 5 heteroatoms. The van der Waals surface area contributed by atoms with E-state index in [1.165, 1.54) is 25.7 Å². The van der Waals surface area contributed by atoms with Crippen molar-refractivity contribution < 1.29 is 4.79 Å². The maximum absolute atomic E-state index is 12.4. The van der Waals surface area contributed by atoms with Crippen molar-refractivity contribution in [2.75, 3.05) is 18.0 Å². The third-order valence-corrected chi connectivity index (χ3v) is 4.44. The third kappa shape index (κ3) is 4.10. The molecule has 5 nitrogen and oxygen atoms in total. The monoisotopic (exact) mass is 324 g/mol. The van der Waals surface area contributed by atoms with Crippen molar-refractivity contribution in [3.8, 4) is 0 Å². The summed E-state index contributed by atoms with van der Waals surface area (Å²) in [5, 5.41) is 2.99. The number of hydrogen-bond acceptors (Lipinski definition) is 4. The molecule has 1 unspecified atom stereocenters. The Morgan fingerprint density at radius 2 is 1.67 bits per heavy atom. The van der Waals surface area contributed by atoms with Gasteiger partial charge in [0.2, 0.25) is 5.95 Å². The number of nitrogens with one attached hydrogen (secondary N) is 1. The van der Waals surface area contributed by atoms with E-state index in [0.29, 0.717) is 5.56 Å². The Labute approximate surface area is 143 Å². The zero-order valence-corrected chi connectivity index (χ0v) is 14.1. The van der Waals surface area contributed by atoms with Crippen LogP contribution in [0.4, 0.5) is 5.95 Å². The molecule has 24 heavy (non-hydrogen) atoms. The second-order valence-electron chi connectivity index (χ2n) is 6.28. The van der Waals surface area contributed by atoms with Crippen LogP contribution in [0.25, 0.3) is 0 Å². The molecule has 1 aliphatic heterocycles. The molecular weight excluding hydrogens is 300 g/mol. The van der Waals surface area contributed by atoms with Crippen LogP contribution in [-0.2, 0) is 0 Å². The fraction of sp³-hybridized carbons (Fsp3) is 0.421. The van der Waals surface area contributed by atoms with E-state index >= 15 is 0 Å². The van der Waals surface area contributed by atoms with E-state index in [-0.39, 0.29) is 11.9 Å². The first kappa shape index (κ1) is 16.4. The number of hydrogen-bond donors (Lipinski definition) is 1. The number of amides is 1. The van der Waals surface area contributed by atoms with Gasteiger partial charge in [-0.15, -0.1) is 0 Å². The molecule has 1 atom stereocenters. The minimum Gasteiger partial charge on any atom is -0.345 e. The average molecular weight is 324 g/mol. The number of benzene rings is 1. The number of rotatable bonds is 4. The normalized spacial score (nSPS) is 16.3. The molecule has 1 aromatic carbocycles. The average Bonchev–Trinajstić information content (AvgIpc) is 2.92. The molecule has 3 rings (SSSR count). The van der Waals surface area contributed by atoms with Crippen LogP contribution in [0, 0.1) is 0 Å². The second-order valence-corrected chi connectivity index (χ2v) is 6.28. The molecule has 2 aromatic rings. The summed E-state index contributed by atoms with van der Waals surface area (Å²) >= 11 is 0. The standard InChI is InChI=1S/C19H24N4O/c1-15(16-9-5-4-6-10-16)22-18(24)17-13-20-19(21-14-17)23-11-7-2-3-8-12-23/h4-6,9-10,13-15H,2-3,7-8,11-12H2,1H3,(H,22,24). The number of nitrogens with zero attached hydrogens (tertiary/aromatic N) is 3. The summed E-state index contributed by atoms with van der Waals surface area (Å²) in [5.41, 5.74) is 1.57. The van der Waals surface area contributed by atoms with E-state index in [0.717, 1.165) is 24.6 Å². The second kappa shape index (κ2) is 7.90. The van der Waals surface area contributed by atoms with Gasteiger partial charge in [-0.2, -0.15) is 0 Å². The van der Waals surface area contributed by atoms with Crippen molar-refractivity contribution in [3.63, 3.8) is 0 Å². The van der Waals surface area contributed by atoms with Crippen LogP contribution >= 0.6 is 0 Å². The Morgan fingerprint density at radius 1 is 1.04 bits per heavy atom. The molecule has 0 aliphatic carbocycles. The summed E-state index contributed by atoms with van der Waals surface area (Å²) in [4.78, 5) is 23.4. The minimum absolute atomic E-state index is 0.0519. The molecule has 1 aliphatic rings. The molecule has 0 radical (unpaired) electrons. The zero-order chi connectivity index (χ0) is 16.8. The summed E-state index contributed by atoms with van der Waals surface area (Å²) in [7, 11) is 0. The lowest BCUT2D eigenvalue weighted by Gasteiger charge is -2.20. The highest BCUT2D eigenvalue weighted by Gasteiger charge is 2.15. The first-order valence-corrected chi connectivity index (χ1v) is 8.67. The van der Waals surface area contributed by atoms with Crippen LogP contribution in [0.5, 0.6) is 0 Å². The molecule has 126 valence electrons. The highest BCUT2D eigenvalue weighted by Crippen LogP contribution is 2.16. The van der Waals surface area contributed by atoms with Gasteiger partial charge in [-0.25, -0.2) is 9.97 Å². The molecule has 2 heterocycles. The lowest BCUT2D eigenvalue weighted by molar-refractivity contribution is 0.0939. The Balaban J connectivity index is 1.63. The van der Waals surface area contributed by atoms with E-state index in [2.05, 4.69) is 20.2 Å². The smallest absolute Gasteiger partial charge is 0.254 e. The molecule has 1 amide bonds. The van der Waals surface area contributed by atoms with Crippen LogP contribution in [0.3, 0.4) is 0 Å². The highest BCUT2D eigenvalue weighted by atomic mass is 16.1. The number of carbonyl (C=O) groups excluding carboxylic acids is 1. The van der Waals surface area contributed by atoms with Crippen molar-refractivity contribution >= 4 is 11.9 Å². The maximum atomic E-state index is 12.4. The Bertz CT molecular complexity index is 649. The predicted octanol–water partition coefficient (Wildman–Crippen LogP) is 3.35. The van der Waals surface area contributed by atoms with Crippen LogP contribution in [0.15, 0.2) is 42.7 Å². The summed E-state index contributed by atoms with van der Waals surface area (Å²) in [5.74, 6) is 0.582. The van der Waals surface area contributed by atoms with Crippen molar-refractivity contribution in [3.05, 3.63) is 53.9 Å². The summed E-state index contributed by atoms with van der Waals surface area (Å²) in [6, 6.07) is 9.86. The van der Waals surface area contributed by atoms with Gasteiger partial charge < -0.3 is 10.2 Å². The maximum Gasteiger partial charge on any atom is 0.254 e. The van der Waals surface area contributed by atoms with Crippen molar-refractivity contribution in [1.82, 2.24) is 15.3 Å². The molecular formula is C19H24N4O. The number of carbonyl (C=O) groups is 1. The van der Waals surface area contributed by atoms with Gasteiger partial charge in [0.15, 0.2) is 0 Å². The number of aromatic nitrogens is 2. The fourth-order valence-corrected chi connectivity index (χ4v) is 2.98. The first-order valence-electron chi connectivity index (χ1n) is 8.67. The van der Waals surface area contributed by atoms with Gasteiger partial charge in [0.1, 0.15) is 0 Å². The Morgan fingerprint density at radius 3 is 2.29 bits per heavy atom. The van der Waals surface area contributed by atoms with Gasteiger partial charge in [0, 0.05) is 25.5 Å². The van der Waals surface area contributed by atoms with Gasteiger partial charge in [0.05, 0.1) is 11.6 Å². The molecule has 1 fully saturated rings. The van der Waals surface area contributed by atoms with Crippen LogP contribution in [-0.4, -0.2) is 29.0 Å². The lowest BCUT2D eigenvalue weighted by Crippen LogP contribution is -2.28. The molecule has 1 saturated heterocycles. The summed E-state index contributed by atoms with van der Waals surface area (Å²) in [6.45, 7) is 3.97. The van der Waals surface area contributed by atoms with Gasteiger partial charge in [0.25, 0.3) is 5.91 Å². The highest BCUT2D eigenvalue weighted by molar-refractivity contribution is 5.93. The first-order chi connectivity index (χ1) is 11.7. The predicted molar refractivity (Wildman–Crippen MR) is 95.0 cm³/mol. The minimum atomic E-state index is -0.145. The van der Waals surface area contributed by atoms with E-state index in [9.17, 15) is 4.79 Å². The van der Waals surface area contributed by atoms with Crippen LogP contribution < -0.4 is 10.2 Å². The number of anilines is 1. The molecule has 1 N–H and O–H groups in total. The van der Waals surface area contributed by atoms with Crippen LogP contribution in [0.1, 0.15) is 54.6 Å². The van der Waals surface area contributed by atoms with Gasteiger partial charge in [-0.3, -0.25) is 4.79 Å². The summed E-state index contributed by atoms with van der Waals surface area (Å²) < 4.78 is 0. The van der Waals surface area contributed by atoms with Gasteiger partial charge in [-0.1, -0.05) is 43.2 Å². The lowest BCUT2D eigenvalue weighted by atomic mass is 10.1. The van der Waals surface area contributed by atoms with E-state index in [4.69, 9.17) is 0 Å². The molecule has 0 bridgehead atoms. The quantitative estimate of drug-likeness (QED) is 0.937. The molecule has 0 spiro atoms.